The van der Waals surface area contributed by atoms with Crippen LogP contribution in [0.2, 0.25) is 0 Å². The maximum Gasteiger partial charge on any atom is 0.240 e. The molecule has 0 bridgehead atoms. The molecule has 0 heterocycles. The van der Waals surface area contributed by atoms with Crippen LogP contribution in [0.15, 0.2) is 42.5 Å². The van der Waals surface area contributed by atoms with Crippen LogP contribution in [-0.4, -0.2) is 11.4 Å². The topological polar surface area (TPSA) is 90.7 Å². The van der Waals surface area contributed by atoms with Gasteiger partial charge in [0.1, 0.15) is 17.2 Å². The highest BCUT2D eigenvalue weighted by Crippen LogP contribution is 2.27. The van der Waals surface area contributed by atoms with E-state index in [0.29, 0.717) is 29.3 Å². The Labute approximate surface area is 117 Å². The maximum atomic E-state index is 9.55. The summed E-state index contributed by atoms with van der Waals surface area (Å²) in [5.41, 5.74) is 12.1. The molecule has 2 aromatic rings. The second-order valence-corrected chi connectivity index (χ2v) is 4.36. The molecule has 0 spiro atoms. The minimum absolute atomic E-state index is 0.00941. The number of nitrogen functional groups attached to an aromatic ring is 2. The number of benzene rings is 2. The van der Waals surface area contributed by atoms with Gasteiger partial charge in [-0.15, -0.1) is 0 Å². The number of phenolic OH excluding ortho intramolecular Hbond substituents is 1. The molecular formula is C15H18N2O3. The summed E-state index contributed by atoms with van der Waals surface area (Å²) in [5, 5.41) is 9.55. The van der Waals surface area contributed by atoms with E-state index in [4.69, 9.17) is 20.9 Å². The minimum atomic E-state index is -0.457. The Balaban J connectivity index is 2.04. The van der Waals surface area contributed by atoms with Crippen molar-refractivity contribution in [3.63, 3.8) is 0 Å². The fourth-order valence-electron chi connectivity index (χ4n) is 1.64. The number of anilines is 2. The Morgan fingerprint density at radius 2 is 1.60 bits per heavy atom. The van der Waals surface area contributed by atoms with Gasteiger partial charge >= 0.3 is 0 Å². The average Bonchev–Trinajstić information content (AvgIpc) is 2.44. The van der Waals surface area contributed by atoms with Crippen LogP contribution in [0.3, 0.4) is 0 Å². The van der Waals surface area contributed by atoms with Crippen LogP contribution in [0.5, 0.6) is 17.2 Å². The van der Waals surface area contributed by atoms with Crippen molar-refractivity contribution < 1.29 is 14.6 Å². The molecule has 0 fully saturated rings. The van der Waals surface area contributed by atoms with E-state index in [9.17, 15) is 5.11 Å². The molecule has 20 heavy (non-hydrogen) atoms. The monoisotopic (exact) mass is 274 g/mol. The highest BCUT2D eigenvalue weighted by molar-refractivity contribution is 5.54. The normalized spacial score (nSPS) is 11.8. The first-order chi connectivity index (χ1) is 9.58. The molecule has 0 saturated heterocycles. The summed E-state index contributed by atoms with van der Waals surface area (Å²) in [6.07, 6.45) is 0.192. The quantitative estimate of drug-likeness (QED) is 0.443. The van der Waals surface area contributed by atoms with Gasteiger partial charge in [0, 0.05) is 18.2 Å². The minimum Gasteiger partial charge on any atom is -0.506 e. The molecule has 106 valence electrons. The molecule has 5 nitrogen and oxygen atoms in total. The maximum absolute atomic E-state index is 9.55. The third kappa shape index (κ3) is 3.47. The largest absolute Gasteiger partial charge is 0.506 e. The first kappa shape index (κ1) is 13.9. The highest BCUT2D eigenvalue weighted by Gasteiger charge is 2.11. The molecule has 0 amide bonds. The van der Waals surface area contributed by atoms with Gasteiger partial charge in [0.05, 0.1) is 5.69 Å². The summed E-state index contributed by atoms with van der Waals surface area (Å²) < 4.78 is 11.4. The number of hydrogen-bond donors (Lipinski definition) is 3. The Hall–Kier alpha value is -2.56. The van der Waals surface area contributed by atoms with Gasteiger partial charge in [-0.05, 0) is 36.4 Å². The predicted molar refractivity (Wildman–Crippen MR) is 78.7 cm³/mol. The molecule has 0 aliphatic rings. The molecular weight excluding hydrogens is 256 g/mol. The zero-order valence-electron chi connectivity index (χ0n) is 11.2. The van der Waals surface area contributed by atoms with Crippen LogP contribution in [0.1, 0.15) is 13.3 Å². The molecule has 0 radical (unpaired) electrons. The van der Waals surface area contributed by atoms with Crippen molar-refractivity contribution in [2.24, 2.45) is 0 Å². The van der Waals surface area contributed by atoms with Gasteiger partial charge in [-0.25, -0.2) is 0 Å². The van der Waals surface area contributed by atoms with Gasteiger partial charge in [0.15, 0.2) is 0 Å². The summed E-state index contributed by atoms with van der Waals surface area (Å²) in [7, 11) is 0. The molecule has 5 heteroatoms. The molecule has 0 aromatic heterocycles. The first-order valence-electron chi connectivity index (χ1n) is 6.36. The van der Waals surface area contributed by atoms with Crippen molar-refractivity contribution in [2.75, 3.05) is 11.5 Å². The number of ether oxygens (including phenoxy) is 2. The Morgan fingerprint density at radius 1 is 1.00 bits per heavy atom. The number of phenols is 1. The third-order valence-corrected chi connectivity index (χ3v) is 2.75. The first-order valence-corrected chi connectivity index (χ1v) is 6.36. The number of nitrogens with two attached hydrogens (primary N) is 2. The summed E-state index contributed by atoms with van der Waals surface area (Å²) in [5.74, 6) is 1.16. The van der Waals surface area contributed by atoms with Gasteiger partial charge in [-0.3, -0.25) is 0 Å². The van der Waals surface area contributed by atoms with Crippen LogP contribution in [-0.2, 0) is 0 Å². The van der Waals surface area contributed by atoms with Crippen LogP contribution in [0, 0.1) is 0 Å². The zero-order chi connectivity index (χ0) is 14.5. The summed E-state index contributed by atoms with van der Waals surface area (Å²) >= 11 is 0. The van der Waals surface area contributed by atoms with Gasteiger partial charge in [-0.2, -0.15) is 0 Å². The van der Waals surface area contributed by atoms with Crippen molar-refractivity contribution in [1.29, 1.82) is 0 Å². The predicted octanol–water partition coefficient (Wildman–Crippen LogP) is 2.75. The molecule has 0 aliphatic heterocycles. The van der Waals surface area contributed by atoms with Gasteiger partial charge in [-0.1, -0.05) is 6.92 Å². The van der Waals surface area contributed by atoms with E-state index in [1.54, 1.807) is 36.4 Å². The van der Waals surface area contributed by atoms with Gasteiger partial charge < -0.3 is 26.0 Å². The van der Waals surface area contributed by atoms with Crippen LogP contribution in [0.25, 0.3) is 0 Å². The van der Waals surface area contributed by atoms with Crippen molar-refractivity contribution in [2.45, 2.75) is 19.6 Å². The van der Waals surface area contributed by atoms with Crippen LogP contribution in [0.4, 0.5) is 11.4 Å². The lowest BCUT2D eigenvalue weighted by Crippen LogP contribution is -2.22. The molecule has 1 atom stereocenters. The average molecular weight is 274 g/mol. The smallest absolute Gasteiger partial charge is 0.240 e. The van der Waals surface area contributed by atoms with E-state index in [1.807, 2.05) is 6.92 Å². The second-order valence-electron chi connectivity index (χ2n) is 4.36. The number of aromatic hydroxyl groups is 1. The highest BCUT2D eigenvalue weighted by atomic mass is 16.7. The number of rotatable bonds is 5. The zero-order valence-corrected chi connectivity index (χ0v) is 11.2. The van der Waals surface area contributed by atoms with E-state index in [-0.39, 0.29) is 5.75 Å². The van der Waals surface area contributed by atoms with Crippen molar-refractivity contribution in [3.8, 4) is 17.2 Å². The fourth-order valence-corrected chi connectivity index (χ4v) is 1.64. The lowest BCUT2D eigenvalue weighted by molar-refractivity contribution is 0.00322. The molecule has 0 saturated carbocycles. The number of hydrogen-bond acceptors (Lipinski definition) is 5. The van der Waals surface area contributed by atoms with E-state index in [1.165, 1.54) is 6.07 Å². The van der Waals surface area contributed by atoms with Crippen LogP contribution < -0.4 is 20.9 Å². The summed E-state index contributed by atoms with van der Waals surface area (Å²) in [6, 6.07) is 11.8. The van der Waals surface area contributed by atoms with E-state index >= 15 is 0 Å². The Kier molecular flexibility index (Phi) is 4.20. The second kappa shape index (κ2) is 6.06. The fraction of sp³-hybridized carbons (Fsp3) is 0.200. The van der Waals surface area contributed by atoms with E-state index < -0.39 is 6.29 Å². The van der Waals surface area contributed by atoms with Crippen molar-refractivity contribution in [3.05, 3.63) is 42.5 Å². The lowest BCUT2D eigenvalue weighted by Gasteiger charge is -2.19. The van der Waals surface area contributed by atoms with E-state index in [0.717, 1.165) is 0 Å². The van der Waals surface area contributed by atoms with E-state index in [2.05, 4.69) is 0 Å². The SMILES string of the molecule is CCC(Oc1ccc(N)cc1)Oc1ccc(N)c(O)c1. The van der Waals surface area contributed by atoms with Crippen LogP contribution >= 0.6 is 0 Å². The van der Waals surface area contributed by atoms with Crippen molar-refractivity contribution in [1.82, 2.24) is 0 Å². The Bertz CT molecular complexity index is 570. The standard InChI is InChI=1S/C15H18N2O3/c1-2-15(19-11-5-3-10(16)4-6-11)20-12-7-8-13(17)14(18)9-12/h3-9,15,18H,2,16-17H2,1H3. The van der Waals surface area contributed by atoms with Gasteiger partial charge in [0.2, 0.25) is 6.29 Å². The summed E-state index contributed by atoms with van der Waals surface area (Å²) in [4.78, 5) is 0. The van der Waals surface area contributed by atoms with Crippen molar-refractivity contribution >= 4 is 11.4 Å². The molecule has 5 N–H and O–H groups in total. The molecule has 2 rings (SSSR count). The lowest BCUT2D eigenvalue weighted by atomic mass is 10.3. The summed E-state index contributed by atoms with van der Waals surface area (Å²) in [6.45, 7) is 1.94. The molecule has 2 aromatic carbocycles. The molecule has 1 unspecified atom stereocenters. The molecule has 0 aliphatic carbocycles. The third-order valence-electron chi connectivity index (χ3n) is 2.75. The van der Waals surface area contributed by atoms with Gasteiger partial charge in [0.25, 0.3) is 0 Å². The Morgan fingerprint density at radius 3 is 2.20 bits per heavy atom.